The first kappa shape index (κ1) is 9.20. The maximum atomic E-state index is 12.1. The van der Waals surface area contributed by atoms with Crippen molar-refractivity contribution < 1.29 is 9.90 Å². The molecule has 74 valence electrons. The van der Waals surface area contributed by atoms with E-state index in [0.29, 0.717) is 5.78 Å². The monoisotopic (exact) mass is 182 g/mol. The van der Waals surface area contributed by atoms with Crippen molar-refractivity contribution in [3.63, 3.8) is 0 Å². The summed E-state index contributed by atoms with van der Waals surface area (Å²) < 4.78 is 0. The van der Waals surface area contributed by atoms with E-state index in [1.807, 2.05) is 6.92 Å². The molecule has 13 heavy (non-hydrogen) atoms. The molecule has 2 rings (SSSR count). The normalized spacial score (nSPS) is 50.7. The summed E-state index contributed by atoms with van der Waals surface area (Å²) in [5.74, 6) is 0.310. The third-order valence-corrected chi connectivity index (χ3v) is 4.20. The van der Waals surface area contributed by atoms with E-state index < -0.39 is 11.5 Å². The SMILES string of the molecule is CC12CCCC(C)(C1=O)C(O)CC2. The summed E-state index contributed by atoms with van der Waals surface area (Å²) in [6.07, 6.45) is 4.28. The Labute approximate surface area is 79.3 Å². The van der Waals surface area contributed by atoms with Gasteiger partial charge < -0.3 is 5.11 Å². The first-order valence-electron chi connectivity index (χ1n) is 5.22. The lowest BCUT2D eigenvalue weighted by molar-refractivity contribution is -0.158. The van der Waals surface area contributed by atoms with Crippen molar-refractivity contribution in [1.29, 1.82) is 0 Å². The minimum absolute atomic E-state index is 0.119. The highest BCUT2D eigenvalue weighted by atomic mass is 16.3. The zero-order chi connectivity index (χ0) is 9.69. The molecule has 0 aromatic carbocycles. The molecule has 0 saturated heterocycles. The van der Waals surface area contributed by atoms with E-state index in [0.717, 1.165) is 32.1 Å². The molecule has 2 aliphatic carbocycles. The Morgan fingerprint density at radius 2 is 2.00 bits per heavy atom. The smallest absolute Gasteiger partial charge is 0.147 e. The molecule has 0 radical (unpaired) electrons. The lowest BCUT2D eigenvalue weighted by Crippen LogP contribution is -2.54. The molecule has 2 heteroatoms. The van der Waals surface area contributed by atoms with Crippen molar-refractivity contribution in [2.75, 3.05) is 0 Å². The molecule has 1 N–H and O–H groups in total. The van der Waals surface area contributed by atoms with Crippen molar-refractivity contribution in [1.82, 2.24) is 0 Å². The van der Waals surface area contributed by atoms with Crippen molar-refractivity contribution in [2.45, 2.75) is 52.1 Å². The van der Waals surface area contributed by atoms with Crippen LogP contribution in [0.15, 0.2) is 0 Å². The van der Waals surface area contributed by atoms with Crippen LogP contribution < -0.4 is 0 Å². The molecule has 3 unspecified atom stereocenters. The van der Waals surface area contributed by atoms with Crippen LogP contribution in [0.1, 0.15) is 46.0 Å². The number of carbonyl (C=O) groups is 1. The molecule has 0 aromatic heterocycles. The Morgan fingerprint density at radius 1 is 1.31 bits per heavy atom. The van der Waals surface area contributed by atoms with Gasteiger partial charge in [0.1, 0.15) is 5.78 Å². The van der Waals surface area contributed by atoms with Gasteiger partial charge in [-0.05, 0) is 25.7 Å². The third-order valence-electron chi connectivity index (χ3n) is 4.20. The van der Waals surface area contributed by atoms with Crippen LogP contribution in [0.5, 0.6) is 0 Å². The topological polar surface area (TPSA) is 37.3 Å². The van der Waals surface area contributed by atoms with E-state index in [-0.39, 0.29) is 5.41 Å². The highest BCUT2D eigenvalue weighted by molar-refractivity contribution is 5.91. The zero-order valence-corrected chi connectivity index (χ0v) is 8.47. The first-order chi connectivity index (χ1) is 5.99. The second-order valence-corrected chi connectivity index (χ2v) is 5.22. The van der Waals surface area contributed by atoms with Gasteiger partial charge in [0, 0.05) is 5.41 Å². The number of aliphatic hydroxyl groups is 1. The van der Waals surface area contributed by atoms with Gasteiger partial charge in [-0.2, -0.15) is 0 Å². The van der Waals surface area contributed by atoms with Crippen molar-refractivity contribution >= 4 is 5.78 Å². The quantitative estimate of drug-likeness (QED) is 0.621. The summed E-state index contributed by atoms with van der Waals surface area (Å²) in [5, 5.41) is 9.84. The number of fused-ring (bicyclic) bond motifs is 2. The van der Waals surface area contributed by atoms with Gasteiger partial charge >= 0.3 is 0 Å². The fraction of sp³-hybridized carbons (Fsp3) is 0.909. The van der Waals surface area contributed by atoms with E-state index in [1.54, 1.807) is 0 Å². The standard InChI is InChI=1S/C11H18O2/c1-10-5-3-6-11(2,9(10)13)8(12)4-7-10/h8,12H,3-7H2,1-2H3. The fourth-order valence-corrected chi connectivity index (χ4v) is 3.09. The molecule has 0 amide bonds. The van der Waals surface area contributed by atoms with Gasteiger partial charge in [-0.3, -0.25) is 4.79 Å². The van der Waals surface area contributed by atoms with Crippen LogP contribution in [0.2, 0.25) is 0 Å². The molecular weight excluding hydrogens is 164 g/mol. The second-order valence-electron chi connectivity index (χ2n) is 5.22. The average molecular weight is 182 g/mol. The minimum atomic E-state index is -0.425. The van der Waals surface area contributed by atoms with Gasteiger partial charge in [0.25, 0.3) is 0 Å². The van der Waals surface area contributed by atoms with E-state index in [4.69, 9.17) is 0 Å². The average Bonchev–Trinajstić information content (AvgIpc) is 2.08. The maximum Gasteiger partial charge on any atom is 0.147 e. The molecule has 3 atom stereocenters. The first-order valence-corrected chi connectivity index (χ1v) is 5.22. The Balaban J connectivity index is 2.37. The summed E-state index contributed by atoms with van der Waals surface area (Å²) in [6, 6.07) is 0. The lowest BCUT2D eigenvalue weighted by atomic mass is 9.54. The van der Waals surface area contributed by atoms with Gasteiger partial charge in [-0.25, -0.2) is 0 Å². The number of hydrogen-bond acceptors (Lipinski definition) is 2. The van der Waals surface area contributed by atoms with Crippen LogP contribution in [0.4, 0.5) is 0 Å². The summed E-state index contributed by atoms with van der Waals surface area (Å²) in [7, 11) is 0. The van der Waals surface area contributed by atoms with Crippen LogP contribution in [-0.4, -0.2) is 17.0 Å². The van der Waals surface area contributed by atoms with Crippen molar-refractivity contribution in [3.8, 4) is 0 Å². The highest BCUT2D eigenvalue weighted by Crippen LogP contribution is 2.52. The third kappa shape index (κ3) is 1.08. The molecule has 0 aromatic rings. The molecule has 2 bridgehead atoms. The van der Waals surface area contributed by atoms with Gasteiger partial charge in [-0.15, -0.1) is 0 Å². The second kappa shape index (κ2) is 2.57. The Kier molecular flexibility index (Phi) is 1.82. The number of hydrogen-bond donors (Lipinski definition) is 1. The van der Waals surface area contributed by atoms with E-state index in [2.05, 4.69) is 6.92 Å². The van der Waals surface area contributed by atoms with E-state index >= 15 is 0 Å². The molecule has 2 fully saturated rings. The predicted molar refractivity (Wildman–Crippen MR) is 50.3 cm³/mol. The van der Waals surface area contributed by atoms with E-state index in [9.17, 15) is 9.90 Å². The number of ketones is 1. The molecule has 0 aliphatic heterocycles. The number of carbonyl (C=O) groups excluding carboxylic acids is 1. The Hall–Kier alpha value is -0.370. The number of rotatable bonds is 0. The number of Topliss-reactive ketones (excluding diaryl/α,β-unsaturated/α-hetero) is 1. The van der Waals surface area contributed by atoms with Crippen LogP contribution >= 0.6 is 0 Å². The summed E-state index contributed by atoms with van der Waals surface area (Å²) in [4.78, 5) is 12.1. The van der Waals surface area contributed by atoms with Crippen LogP contribution in [0.3, 0.4) is 0 Å². The Bertz CT molecular complexity index is 248. The minimum Gasteiger partial charge on any atom is -0.392 e. The maximum absolute atomic E-state index is 12.1. The van der Waals surface area contributed by atoms with E-state index in [1.165, 1.54) is 0 Å². The summed E-state index contributed by atoms with van der Waals surface area (Å²) >= 11 is 0. The van der Waals surface area contributed by atoms with Crippen molar-refractivity contribution in [2.24, 2.45) is 10.8 Å². The van der Waals surface area contributed by atoms with Gasteiger partial charge in [0.2, 0.25) is 0 Å². The van der Waals surface area contributed by atoms with Crippen LogP contribution in [0.25, 0.3) is 0 Å². The summed E-state index contributed by atoms with van der Waals surface area (Å²) in [5.41, 5.74) is -0.544. The van der Waals surface area contributed by atoms with Gasteiger partial charge in [-0.1, -0.05) is 20.3 Å². The predicted octanol–water partition coefficient (Wildman–Crippen LogP) is 1.91. The molecule has 2 saturated carbocycles. The van der Waals surface area contributed by atoms with Crippen molar-refractivity contribution in [3.05, 3.63) is 0 Å². The highest BCUT2D eigenvalue weighted by Gasteiger charge is 2.54. The molecule has 2 nitrogen and oxygen atoms in total. The lowest BCUT2D eigenvalue weighted by Gasteiger charge is -2.50. The van der Waals surface area contributed by atoms with Gasteiger partial charge in [0.15, 0.2) is 0 Å². The molecule has 0 spiro atoms. The fourth-order valence-electron chi connectivity index (χ4n) is 3.09. The molecule has 2 aliphatic rings. The van der Waals surface area contributed by atoms with Gasteiger partial charge in [0.05, 0.1) is 11.5 Å². The number of aliphatic hydroxyl groups excluding tert-OH is 1. The molecule has 0 heterocycles. The zero-order valence-electron chi connectivity index (χ0n) is 8.47. The Morgan fingerprint density at radius 3 is 2.62 bits per heavy atom. The summed E-state index contributed by atoms with van der Waals surface area (Å²) in [6.45, 7) is 4.01. The largest absolute Gasteiger partial charge is 0.392 e. The van der Waals surface area contributed by atoms with Crippen LogP contribution in [-0.2, 0) is 4.79 Å². The molecular formula is C11H18O2. The van der Waals surface area contributed by atoms with Crippen LogP contribution in [0, 0.1) is 10.8 Å².